The molecule has 1 aliphatic heterocycles. The van der Waals surface area contributed by atoms with Gasteiger partial charge >= 0.3 is 11.5 Å². The van der Waals surface area contributed by atoms with Gasteiger partial charge in [0.05, 0.1) is 13.8 Å². The van der Waals surface area contributed by atoms with E-state index in [1.807, 2.05) is 19.9 Å². The van der Waals surface area contributed by atoms with Crippen molar-refractivity contribution in [2.45, 2.75) is 51.7 Å². The first kappa shape index (κ1) is 13.6. The standard InChI is InChI=1S/C19H21O3/c1-13-10-16(11-14(2)20-13)15-6-7-17-18(12-15)22-19(21-17)8-4-3-5-9-19/h6-7,10-12H,3-5,8-9H2,1-2H3/q+1. The molecule has 0 unspecified atom stereocenters. The van der Waals surface area contributed by atoms with Crippen LogP contribution < -0.4 is 9.47 Å². The Kier molecular flexibility index (Phi) is 3.10. The van der Waals surface area contributed by atoms with E-state index >= 15 is 0 Å². The van der Waals surface area contributed by atoms with Gasteiger partial charge in [0.1, 0.15) is 0 Å². The first-order chi connectivity index (χ1) is 10.6. The molecule has 1 aromatic carbocycles. The Hall–Kier alpha value is -2.03. The second-order valence-electron chi connectivity index (χ2n) is 6.40. The van der Waals surface area contributed by atoms with Gasteiger partial charge < -0.3 is 9.47 Å². The molecule has 1 saturated carbocycles. The molecule has 2 heterocycles. The summed E-state index contributed by atoms with van der Waals surface area (Å²) in [5.41, 5.74) is 2.29. The number of aryl methyl sites for hydroxylation is 2. The maximum Gasteiger partial charge on any atom is 0.327 e. The number of benzene rings is 1. The SMILES string of the molecule is Cc1cc(-c2ccc3c(c2)OC2(CCCCC2)O3)cc(C)[o+]1. The molecule has 0 N–H and O–H groups in total. The molecule has 0 atom stereocenters. The van der Waals surface area contributed by atoms with E-state index in [1.165, 1.54) is 19.3 Å². The van der Waals surface area contributed by atoms with E-state index in [9.17, 15) is 0 Å². The summed E-state index contributed by atoms with van der Waals surface area (Å²) in [6, 6.07) is 10.3. The van der Waals surface area contributed by atoms with Crippen molar-refractivity contribution >= 4 is 0 Å². The molecule has 2 aromatic rings. The number of hydrogen-bond donors (Lipinski definition) is 0. The highest BCUT2D eigenvalue weighted by Gasteiger charge is 2.42. The van der Waals surface area contributed by atoms with Crippen LogP contribution in [0.2, 0.25) is 0 Å². The summed E-state index contributed by atoms with van der Waals surface area (Å²) in [6.07, 6.45) is 5.61. The molecular formula is C19H21O3+. The van der Waals surface area contributed by atoms with Crippen LogP contribution in [0, 0.1) is 13.8 Å². The Balaban J connectivity index is 1.68. The third-order valence-corrected chi connectivity index (χ3v) is 4.52. The van der Waals surface area contributed by atoms with Crippen LogP contribution in [0.25, 0.3) is 11.1 Å². The summed E-state index contributed by atoms with van der Waals surface area (Å²) in [6.45, 7) is 3.95. The van der Waals surface area contributed by atoms with Crippen molar-refractivity contribution in [2.24, 2.45) is 0 Å². The largest absolute Gasteiger partial charge is 0.448 e. The molecule has 1 fully saturated rings. The van der Waals surface area contributed by atoms with E-state index in [2.05, 4.69) is 24.3 Å². The molecule has 0 bridgehead atoms. The van der Waals surface area contributed by atoms with Crippen molar-refractivity contribution in [1.82, 2.24) is 0 Å². The quantitative estimate of drug-likeness (QED) is 0.671. The maximum absolute atomic E-state index is 6.21. The second kappa shape index (κ2) is 5.01. The molecule has 0 amide bonds. The molecule has 2 aliphatic rings. The topological polar surface area (TPSA) is 29.8 Å². The van der Waals surface area contributed by atoms with Gasteiger partial charge in [-0.25, -0.2) is 4.42 Å². The molecule has 1 aliphatic carbocycles. The van der Waals surface area contributed by atoms with Crippen LogP contribution in [-0.2, 0) is 0 Å². The molecule has 0 radical (unpaired) electrons. The average Bonchev–Trinajstić information content (AvgIpc) is 2.83. The Morgan fingerprint density at radius 1 is 0.818 bits per heavy atom. The van der Waals surface area contributed by atoms with E-state index < -0.39 is 5.79 Å². The minimum absolute atomic E-state index is 0.406. The van der Waals surface area contributed by atoms with Crippen molar-refractivity contribution in [1.29, 1.82) is 0 Å². The van der Waals surface area contributed by atoms with Crippen molar-refractivity contribution in [3.8, 4) is 22.6 Å². The number of hydrogen-bond acceptors (Lipinski definition) is 2. The Morgan fingerprint density at radius 2 is 1.50 bits per heavy atom. The zero-order valence-electron chi connectivity index (χ0n) is 13.1. The van der Waals surface area contributed by atoms with E-state index in [0.717, 1.165) is 47.0 Å². The van der Waals surface area contributed by atoms with E-state index in [-0.39, 0.29) is 0 Å². The summed E-state index contributed by atoms with van der Waals surface area (Å²) in [5.74, 6) is 3.17. The van der Waals surface area contributed by atoms with Gasteiger partial charge in [-0.15, -0.1) is 0 Å². The van der Waals surface area contributed by atoms with Gasteiger partial charge in [0, 0.05) is 25.0 Å². The molecule has 1 aromatic heterocycles. The Labute approximate surface area is 130 Å². The van der Waals surface area contributed by atoms with Crippen LogP contribution >= 0.6 is 0 Å². The highest BCUT2D eigenvalue weighted by Crippen LogP contribution is 2.46. The predicted molar refractivity (Wildman–Crippen MR) is 85.1 cm³/mol. The van der Waals surface area contributed by atoms with Crippen LogP contribution in [-0.4, -0.2) is 5.79 Å². The molecule has 3 heteroatoms. The molecule has 22 heavy (non-hydrogen) atoms. The highest BCUT2D eigenvalue weighted by atomic mass is 16.7. The van der Waals surface area contributed by atoms with Crippen molar-refractivity contribution in [3.05, 3.63) is 41.9 Å². The van der Waals surface area contributed by atoms with Gasteiger partial charge in [0.2, 0.25) is 0 Å². The molecule has 114 valence electrons. The summed E-state index contributed by atoms with van der Waals surface area (Å²) in [5, 5.41) is 0. The summed E-state index contributed by atoms with van der Waals surface area (Å²) in [4.78, 5) is 0. The van der Waals surface area contributed by atoms with Gasteiger partial charge in [-0.2, -0.15) is 0 Å². The van der Waals surface area contributed by atoms with Crippen LogP contribution in [0.3, 0.4) is 0 Å². The zero-order valence-corrected chi connectivity index (χ0v) is 13.1. The minimum Gasteiger partial charge on any atom is -0.448 e. The van der Waals surface area contributed by atoms with Crippen LogP contribution in [0.1, 0.15) is 43.6 Å². The van der Waals surface area contributed by atoms with Crippen molar-refractivity contribution < 1.29 is 13.9 Å². The van der Waals surface area contributed by atoms with E-state index in [4.69, 9.17) is 13.9 Å². The van der Waals surface area contributed by atoms with Gasteiger partial charge in [-0.05, 0) is 36.1 Å². The minimum atomic E-state index is -0.406. The van der Waals surface area contributed by atoms with Gasteiger partial charge in [0.25, 0.3) is 5.79 Å². The lowest BCUT2D eigenvalue weighted by molar-refractivity contribution is -0.105. The molecule has 1 spiro atoms. The molecular weight excluding hydrogens is 276 g/mol. The lowest BCUT2D eigenvalue weighted by atomic mass is 9.94. The third-order valence-electron chi connectivity index (χ3n) is 4.52. The number of fused-ring (bicyclic) bond motifs is 1. The smallest absolute Gasteiger partial charge is 0.327 e. The fourth-order valence-corrected chi connectivity index (χ4v) is 3.53. The normalized spacial score (nSPS) is 18.6. The Morgan fingerprint density at radius 3 is 2.23 bits per heavy atom. The third kappa shape index (κ3) is 2.35. The molecule has 4 rings (SSSR count). The second-order valence-corrected chi connectivity index (χ2v) is 6.40. The van der Waals surface area contributed by atoms with E-state index in [0.29, 0.717) is 0 Å². The number of rotatable bonds is 1. The molecule has 0 saturated heterocycles. The summed E-state index contributed by atoms with van der Waals surface area (Å²) in [7, 11) is 0. The fraction of sp³-hybridized carbons (Fsp3) is 0.421. The fourth-order valence-electron chi connectivity index (χ4n) is 3.53. The monoisotopic (exact) mass is 297 g/mol. The van der Waals surface area contributed by atoms with E-state index in [1.54, 1.807) is 0 Å². The Bertz CT molecular complexity index is 694. The van der Waals surface area contributed by atoms with Gasteiger partial charge in [-0.3, -0.25) is 0 Å². The van der Waals surface area contributed by atoms with Crippen molar-refractivity contribution in [2.75, 3.05) is 0 Å². The van der Waals surface area contributed by atoms with Crippen LogP contribution in [0.15, 0.2) is 34.7 Å². The average molecular weight is 297 g/mol. The first-order valence-corrected chi connectivity index (χ1v) is 8.07. The van der Waals surface area contributed by atoms with Crippen molar-refractivity contribution in [3.63, 3.8) is 0 Å². The first-order valence-electron chi connectivity index (χ1n) is 8.07. The van der Waals surface area contributed by atoms with Crippen LogP contribution in [0.5, 0.6) is 11.5 Å². The summed E-state index contributed by atoms with van der Waals surface area (Å²) >= 11 is 0. The summed E-state index contributed by atoms with van der Waals surface area (Å²) < 4.78 is 17.9. The maximum atomic E-state index is 6.21. The molecule has 3 nitrogen and oxygen atoms in total. The lowest BCUT2D eigenvalue weighted by Crippen LogP contribution is -2.40. The highest BCUT2D eigenvalue weighted by molar-refractivity contribution is 5.68. The number of ether oxygens (including phenoxy) is 2. The van der Waals surface area contributed by atoms with Gasteiger partial charge in [-0.1, -0.05) is 12.5 Å². The zero-order chi connectivity index (χ0) is 15.2. The van der Waals surface area contributed by atoms with Gasteiger partial charge in [0.15, 0.2) is 11.5 Å². The lowest BCUT2D eigenvalue weighted by Gasteiger charge is -2.31. The van der Waals surface area contributed by atoms with Crippen LogP contribution in [0.4, 0.5) is 0 Å². The predicted octanol–water partition coefficient (Wildman–Crippen LogP) is 5.28.